The SMILES string of the molecule is Nc1n[nH]c(-c2ccc(Cl)c(Cl)c2)c1-c1ccccc1Cl. The Morgan fingerprint density at radius 1 is 0.905 bits per heavy atom. The maximum absolute atomic E-state index is 6.26. The Kier molecular flexibility index (Phi) is 3.81. The number of anilines is 1. The number of nitrogens with zero attached hydrogens (tertiary/aromatic N) is 1. The summed E-state index contributed by atoms with van der Waals surface area (Å²) in [5, 5.41) is 8.57. The van der Waals surface area contributed by atoms with Crippen LogP contribution in [0.2, 0.25) is 15.1 Å². The molecule has 3 nitrogen and oxygen atoms in total. The first kappa shape index (κ1) is 14.3. The first-order valence-electron chi connectivity index (χ1n) is 6.12. The quantitative estimate of drug-likeness (QED) is 0.667. The zero-order valence-corrected chi connectivity index (χ0v) is 13.0. The number of aromatic nitrogens is 2. The fourth-order valence-corrected chi connectivity index (χ4v) is 2.68. The van der Waals surface area contributed by atoms with Gasteiger partial charge in [-0.25, -0.2) is 0 Å². The van der Waals surface area contributed by atoms with Gasteiger partial charge in [0.05, 0.1) is 21.3 Å². The summed E-state index contributed by atoms with van der Waals surface area (Å²) in [6.07, 6.45) is 0. The van der Waals surface area contributed by atoms with E-state index in [9.17, 15) is 0 Å². The summed E-state index contributed by atoms with van der Waals surface area (Å²) in [5.74, 6) is 0.379. The van der Waals surface area contributed by atoms with Crippen molar-refractivity contribution in [3.05, 3.63) is 57.5 Å². The maximum Gasteiger partial charge on any atom is 0.153 e. The van der Waals surface area contributed by atoms with Crippen molar-refractivity contribution >= 4 is 40.6 Å². The number of hydrogen-bond acceptors (Lipinski definition) is 2. The highest BCUT2D eigenvalue weighted by Gasteiger charge is 2.17. The van der Waals surface area contributed by atoms with Gasteiger partial charge in [0.2, 0.25) is 0 Å². The highest BCUT2D eigenvalue weighted by molar-refractivity contribution is 6.42. The molecule has 0 saturated heterocycles. The van der Waals surface area contributed by atoms with E-state index >= 15 is 0 Å². The average Bonchev–Trinajstić information content (AvgIpc) is 2.84. The van der Waals surface area contributed by atoms with Crippen molar-refractivity contribution in [2.45, 2.75) is 0 Å². The van der Waals surface area contributed by atoms with E-state index in [-0.39, 0.29) is 0 Å². The van der Waals surface area contributed by atoms with E-state index < -0.39 is 0 Å². The zero-order valence-electron chi connectivity index (χ0n) is 10.7. The van der Waals surface area contributed by atoms with Crippen LogP contribution in [0, 0.1) is 0 Å². The van der Waals surface area contributed by atoms with Crippen molar-refractivity contribution in [1.29, 1.82) is 0 Å². The monoisotopic (exact) mass is 337 g/mol. The fraction of sp³-hybridized carbons (Fsp3) is 0. The minimum atomic E-state index is 0.379. The molecule has 3 N–H and O–H groups in total. The molecule has 0 aliphatic carbocycles. The molecular weight excluding hydrogens is 329 g/mol. The number of rotatable bonds is 2. The van der Waals surface area contributed by atoms with Gasteiger partial charge in [-0.1, -0.05) is 59.1 Å². The van der Waals surface area contributed by atoms with Crippen LogP contribution in [-0.4, -0.2) is 10.2 Å². The Morgan fingerprint density at radius 3 is 2.38 bits per heavy atom. The van der Waals surface area contributed by atoms with Gasteiger partial charge in [0.1, 0.15) is 0 Å². The maximum atomic E-state index is 6.26. The molecule has 0 aliphatic rings. The fourth-order valence-electron chi connectivity index (χ4n) is 2.15. The Bertz CT molecular complexity index is 812. The third-order valence-electron chi connectivity index (χ3n) is 3.15. The molecule has 2 aromatic carbocycles. The number of nitrogens with two attached hydrogens (primary N) is 1. The molecule has 106 valence electrons. The summed E-state index contributed by atoms with van der Waals surface area (Å²) in [6, 6.07) is 12.8. The lowest BCUT2D eigenvalue weighted by Crippen LogP contribution is -1.89. The first-order chi connectivity index (χ1) is 10.1. The summed E-state index contributed by atoms with van der Waals surface area (Å²) < 4.78 is 0. The first-order valence-corrected chi connectivity index (χ1v) is 7.25. The van der Waals surface area contributed by atoms with Crippen LogP contribution in [0.4, 0.5) is 5.82 Å². The number of H-pyrrole nitrogens is 1. The summed E-state index contributed by atoms with van der Waals surface area (Å²) in [7, 11) is 0. The molecule has 3 aromatic rings. The summed E-state index contributed by atoms with van der Waals surface area (Å²) in [5.41, 5.74) is 9.13. The van der Waals surface area contributed by atoms with E-state index in [1.807, 2.05) is 30.3 Å². The van der Waals surface area contributed by atoms with E-state index in [4.69, 9.17) is 40.5 Å². The van der Waals surface area contributed by atoms with Gasteiger partial charge >= 0.3 is 0 Å². The van der Waals surface area contributed by atoms with Gasteiger partial charge < -0.3 is 5.73 Å². The third-order valence-corrected chi connectivity index (χ3v) is 4.21. The molecule has 0 unspecified atom stereocenters. The second-order valence-electron chi connectivity index (χ2n) is 4.47. The van der Waals surface area contributed by atoms with Crippen molar-refractivity contribution in [3.8, 4) is 22.4 Å². The van der Waals surface area contributed by atoms with Crippen molar-refractivity contribution < 1.29 is 0 Å². The van der Waals surface area contributed by atoms with Crippen molar-refractivity contribution in [2.75, 3.05) is 5.73 Å². The number of aromatic amines is 1. The highest BCUT2D eigenvalue weighted by Crippen LogP contribution is 2.39. The molecule has 3 rings (SSSR count). The number of nitrogens with one attached hydrogen (secondary N) is 1. The smallest absolute Gasteiger partial charge is 0.153 e. The minimum Gasteiger partial charge on any atom is -0.382 e. The number of benzene rings is 2. The van der Waals surface area contributed by atoms with Gasteiger partial charge in [0.25, 0.3) is 0 Å². The Morgan fingerprint density at radius 2 is 1.67 bits per heavy atom. The van der Waals surface area contributed by atoms with Crippen LogP contribution in [0.1, 0.15) is 0 Å². The molecule has 0 bridgehead atoms. The Labute approximate surface area is 136 Å². The normalized spacial score (nSPS) is 10.8. The van der Waals surface area contributed by atoms with Crippen LogP contribution in [0.5, 0.6) is 0 Å². The van der Waals surface area contributed by atoms with Gasteiger partial charge in [-0.15, -0.1) is 0 Å². The van der Waals surface area contributed by atoms with Crippen molar-refractivity contribution in [2.24, 2.45) is 0 Å². The van der Waals surface area contributed by atoms with Crippen molar-refractivity contribution in [1.82, 2.24) is 10.2 Å². The van der Waals surface area contributed by atoms with E-state index in [0.29, 0.717) is 20.9 Å². The van der Waals surface area contributed by atoms with Gasteiger partial charge in [0, 0.05) is 16.1 Å². The highest BCUT2D eigenvalue weighted by atomic mass is 35.5. The van der Waals surface area contributed by atoms with Crippen LogP contribution >= 0.6 is 34.8 Å². The number of nitrogen functional groups attached to an aromatic ring is 1. The minimum absolute atomic E-state index is 0.379. The molecule has 0 fully saturated rings. The summed E-state index contributed by atoms with van der Waals surface area (Å²) >= 11 is 18.3. The Balaban J connectivity index is 2.22. The molecule has 1 aromatic heterocycles. The van der Waals surface area contributed by atoms with Gasteiger partial charge in [0.15, 0.2) is 5.82 Å². The van der Waals surface area contributed by atoms with Crippen LogP contribution in [0.3, 0.4) is 0 Å². The van der Waals surface area contributed by atoms with E-state index in [1.165, 1.54) is 0 Å². The van der Waals surface area contributed by atoms with Crippen LogP contribution in [0.15, 0.2) is 42.5 Å². The van der Waals surface area contributed by atoms with E-state index in [2.05, 4.69) is 10.2 Å². The molecule has 0 saturated carbocycles. The van der Waals surface area contributed by atoms with Gasteiger partial charge in [-0.3, -0.25) is 5.10 Å². The zero-order chi connectivity index (χ0) is 15.0. The van der Waals surface area contributed by atoms with Crippen LogP contribution < -0.4 is 5.73 Å². The van der Waals surface area contributed by atoms with Gasteiger partial charge in [-0.2, -0.15) is 5.10 Å². The molecular formula is C15H10Cl3N3. The summed E-state index contributed by atoms with van der Waals surface area (Å²) in [4.78, 5) is 0. The lowest BCUT2D eigenvalue weighted by Gasteiger charge is -2.07. The third kappa shape index (κ3) is 2.60. The molecule has 0 aliphatic heterocycles. The van der Waals surface area contributed by atoms with E-state index in [1.54, 1.807) is 12.1 Å². The standard InChI is InChI=1S/C15H10Cl3N3/c16-10-4-2-1-3-9(10)13-14(20-21-15(13)19)8-5-6-11(17)12(18)7-8/h1-7H,(H3,19,20,21). The predicted molar refractivity (Wildman–Crippen MR) is 88.9 cm³/mol. The average molecular weight is 339 g/mol. The summed E-state index contributed by atoms with van der Waals surface area (Å²) in [6.45, 7) is 0. The second kappa shape index (κ2) is 5.60. The molecule has 1 heterocycles. The van der Waals surface area contributed by atoms with Crippen LogP contribution in [-0.2, 0) is 0 Å². The number of halogens is 3. The van der Waals surface area contributed by atoms with Crippen LogP contribution in [0.25, 0.3) is 22.4 Å². The lowest BCUT2D eigenvalue weighted by atomic mass is 10.0. The van der Waals surface area contributed by atoms with E-state index in [0.717, 1.165) is 22.4 Å². The molecule has 6 heteroatoms. The van der Waals surface area contributed by atoms with Gasteiger partial charge in [-0.05, 0) is 18.2 Å². The molecule has 0 amide bonds. The number of hydrogen-bond donors (Lipinski definition) is 2. The lowest BCUT2D eigenvalue weighted by molar-refractivity contribution is 1.10. The molecule has 0 atom stereocenters. The largest absolute Gasteiger partial charge is 0.382 e. The topological polar surface area (TPSA) is 54.7 Å². The Hall–Kier alpha value is -1.68. The predicted octanol–water partition coefficient (Wildman–Crippen LogP) is 5.29. The molecule has 21 heavy (non-hydrogen) atoms. The molecule has 0 spiro atoms. The molecule has 0 radical (unpaired) electrons. The van der Waals surface area contributed by atoms with Crippen molar-refractivity contribution in [3.63, 3.8) is 0 Å². The second-order valence-corrected chi connectivity index (χ2v) is 5.69.